The molecule has 1 aliphatic rings. The highest BCUT2D eigenvalue weighted by Crippen LogP contribution is 2.31. The molecule has 106 valence electrons. The molecule has 3 rings (SSSR count). The van der Waals surface area contributed by atoms with E-state index in [4.69, 9.17) is 0 Å². The van der Waals surface area contributed by atoms with Crippen LogP contribution in [0.2, 0.25) is 0 Å². The molecule has 3 unspecified atom stereocenters. The second-order valence-electron chi connectivity index (χ2n) is 6.12. The van der Waals surface area contributed by atoms with Gasteiger partial charge in [-0.25, -0.2) is 0 Å². The maximum absolute atomic E-state index is 12.2. The molecule has 1 aromatic heterocycles. The number of para-hydroxylation sites is 1. The third-order valence-corrected chi connectivity index (χ3v) is 4.84. The fourth-order valence-electron chi connectivity index (χ4n) is 3.28. The van der Waals surface area contributed by atoms with E-state index in [-0.39, 0.29) is 5.91 Å². The molecule has 3 atom stereocenters. The topological polar surface area (TPSA) is 44.9 Å². The molecule has 1 aromatic carbocycles. The van der Waals surface area contributed by atoms with Crippen LogP contribution in [0.25, 0.3) is 10.9 Å². The van der Waals surface area contributed by atoms with E-state index in [1.54, 1.807) is 0 Å². The molecule has 0 aliphatic heterocycles. The highest BCUT2D eigenvalue weighted by molar-refractivity contribution is 5.88. The zero-order valence-electron chi connectivity index (χ0n) is 12.1. The Morgan fingerprint density at radius 1 is 1.30 bits per heavy atom. The number of hydrogen-bond donors (Lipinski definition) is 2. The molecule has 0 saturated heterocycles. The summed E-state index contributed by atoms with van der Waals surface area (Å²) in [5, 5.41) is 4.36. The van der Waals surface area contributed by atoms with Crippen molar-refractivity contribution in [2.45, 2.75) is 39.2 Å². The van der Waals surface area contributed by atoms with Crippen LogP contribution >= 0.6 is 0 Å². The van der Waals surface area contributed by atoms with E-state index in [1.807, 2.05) is 24.4 Å². The van der Waals surface area contributed by atoms with Crippen LogP contribution in [0.4, 0.5) is 0 Å². The van der Waals surface area contributed by atoms with Crippen LogP contribution in [-0.2, 0) is 11.2 Å². The molecule has 3 heteroatoms. The molecule has 3 nitrogen and oxygen atoms in total. The number of amides is 1. The van der Waals surface area contributed by atoms with E-state index >= 15 is 0 Å². The molecule has 1 heterocycles. The summed E-state index contributed by atoms with van der Waals surface area (Å²) in [5.41, 5.74) is 2.18. The molecular weight excluding hydrogens is 248 g/mol. The first-order chi connectivity index (χ1) is 9.65. The van der Waals surface area contributed by atoms with Crippen molar-refractivity contribution in [2.75, 3.05) is 0 Å². The second-order valence-corrected chi connectivity index (χ2v) is 6.12. The van der Waals surface area contributed by atoms with Crippen LogP contribution in [0.5, 0.6) is 0 Å². The number of carbonyl (C=O) groups is 1. The average Bonchev–Trinajstić information content (AvgIpc) is 2.98. The summed E-state index contributed by atoms with van der Waals surface area (Å²) in [6.07, 6.45) is 4.74. The van der Waals surface area contributed by atoms with E-state index in [9.17, 15) is 4.79 Å². The minimum Gasteiger partial charge on any atom is -0.361 e. The number of hydrogen-bond acceptors (Lipinski definition) is 1. The zero-order chi connectivity index (χ0) is 14.1. The fraction of sp³-hybridized carbons (Fsp3) is 0.471. The predicted octanol–water partition coefficient (Wildman–Crippen LogP) is 3.26. The number of benzene rings is 1. The number of rotatable bonds is 3. The van der Waals surface area contributed by atoms with E-state index in [0.717, 1.165) is 22.9 Å². The van der Waals surface area contributed by atoms with Crippen molar-refractivity contribution in [1.82, 2.24) is 10.3 Å². The van der Waals surface area contributed by atoms with E-state index in [1.165, 1.54) is 6.42 Å². The summed E-state index contributed by atoms with van der Waals surface area (Å²) in [7, 11) is 0. The van der Waals surface area contributed by atoms with Crippen molar-refractivity contribution in [2.24, 2.45) is 11.8 Å². The number of nitrogens with one attached hydrogen (secondary N) is 2. The van der Waals surface area contributed by atoms with E-state index < -0.39 is 0 Å². The lowest BCUT2D eigenvalue weighted by atomic mass is 9.97. The van der Waals surface area contributed by atoms with Crippen LogP contribution in [-0.4, -0.2) is 16.9 Å². The maximum Gasteiger partial charge on any atom is 0.224 e. The summed E-state index contributed by atoms with van der Waals surface area (Å²) in [4.78, 5) is 15.5. The Kier molecular flexibility index (Phi) is 3.51. The SMILES string of the molecule is CC1CCC(NC(=O)Cc2c[nH]c3ccccc23)C1C. The lowest BCUT2D eigenvalue weighted by Gasteiger charge is -2.19. The van der Waals surface area contributed by atoms with Crippen LogP contribution in [0.3, 0.4) is 0 Å². The van der Waals surface area contributed by atoms with Gasteiger partial charge >= 0.3 is 0 Å². The van der Waals surface area contributed by atoms with Gasteiger partial charge in [0.05, 0.1) is 6.42 Å². The highest BCUT2D eigenvalue weighted by Gasteiger charge is 2.30. The average molecular weight is 270 g/mol. The van der Waals surface area contributed by atoms with Gasteiger partial charge in [-0.3, -0.25) is 4.79 Å². The van der Waals surface area contributed by atoms with Gasteiger partial charge in [0.25, 0.3) is 0 Å². The van der Waals surface area contributed by atoms with Crippen LogP contribution < -0.4 is 5.32 Å². The summed E-state index contributed by atoms with van der Waals surface area (Å²) in [6.45, 7) is 4.52. The first-order valence-electron chi connectivity index (χ1n) is 7.49. The summed E-state index contributed by atoms with van der Waals surface area (Å²) in [5.74, 6) is 1.44. The summed E-state index contributed by atoms with van der Waals surface area (Å²) < 4.78 is 0. The van der Waals surface area contributed by atoms with Gasteiger partial charge < -0.3 is 10.3 Å². The maximum atomic E-state index is 12.2. The van der Waals surface area contributed by atoms with Gasteiger partial charge in [0.2, 0.25) is 5.91 Å². The van der Waals surface area contributed by atoms with Crippen molar-refractivity contribution in [3.05, 3.63) is 36.0 Å². The minimum atomic E-state index is 0.140. The van der Waals surface area contributed by atoms with Crippen LogP contribution in [0, 0.1) is 11.8 Å². The lowest BCUT2D eigenvalue weighted by molar-refractivity contribution is -0.121. The molecule has 1 aliphatic carbocycles. The van der Waals surface area contributed by atoms with Crippen molar-refractivity contribution < 1.29 is 4.79 Å². The number of aromatic nitrogens is 1. The second kappa shape index (κ2) is 5.31. The van der Waals surface area contributed by atoms with Gasteiger partial charge in [-0.1, -0.05) is 32.0 Å². The molecule has 2 aromatic rings. The normalized spacial score (nSPS) is 26.0. The summed E-state index contributed by atoms with van der Waals surface area (Å²) >= 11 is 0. The molecule has 1 amide bonds. The van der Waals surface area contributed by atoms with Gasteiger partial charge in [-0.05, 0) is 36.3 Å². The molecule has 0 radical (unpaired) electrons. The number of H-pyrrole nitrogens is 1. The molecule has 0 bridgehead atoms. The van der Waals surface area contributed by atoms with Gasteiger partial charge in [0, 0.05) is 23.1 Å². The van der Waals surface area contributed by atoms with E-state index in [2.05, 4.69) is 30.2 Å². The van der Waals surface area contributed by atoms with Crippen LogP contribution in [0.15, 0.2) is 30.5 Å². The Bertz CT molecular complexity index is 616. The predicted molar refractivity (Wildman–Crippen MR) is 81.5 cm³/mol. The molecule has 20 heavy (non-hydrogen) atoms. The Labute approximate surface area is 119 Å². The van der Waals surface area contributed by atoms with Gasteiger partial charge in [0.1, 0.15) is 0 Å². The van der Waals surface area contributed by atoms with Gasteiger partial charge in [-0.15, -0.1) is 0 Å². The molecular formula is C17H22N2O. The van der Waals surface area contributed by atoms with Gasteiger partial charge in [-0.2, -0.15) is 0 Å². The van der Waals surface area contributed by atoms with Crippen molar-refractivity contribution in [3.63, 3.8) is 0 Å². The Hall–Kier alpha value is -1.77. The monoisotopic (exact) mass is 270 g/mol. The fourth-order valence-corrected chi connectivity index (χ4v) is 3.28. The number of carbonyl (C=O) groups excluding carboxylic acids is 1. The van der Waals surface area contributed by atoms with Crippen molar-refractivity contribution in [1.29, 1.82) is 0 Å². The first kappa shape index (κ1) is 13.2. The Morgan fingerprint density at radius 2 is 2.10 bits per heavy atom. The third-order valence-electron chi connectivity index (χ3n) is 4.84. The molecule has 2 N–H and O–H groups in total. The van der Waals surface area contributed by atoms with Crippen LogP contribution in [0.1, 0.15) is 32.3 Å². The minimum absolute atomic E-state index is 0.140. The van der Waals surface area contributed by atoms with E-state index in [0.29, 0.717) is 24.3 Å². The lowest BCUT2D eigenvalue weighted by Crippen LogP contribution is -2.38. The Morgan fingerprint density at radius 3 is 2.85 bits per heavy atom. The van der Waals surface area contributed by atoms with Gasteiger partial charge in [0.15, 0.2) is 0 Å². The molecule has 0 spiro atoms. The Balaban J connectivity index is 1.67. The smallest absolute Gasteiger partial charge is 0.224 e. The first-order valence-corrected chi connectivity index (χ1v) is 7.49. The van der Waals surface area contributed by atoms with Crippen molar-refractivity contribution >= 4 is 16.8 Å². The third kappa shape index (κ3) is 2.45. The summed E-state index contributed by atoms with van der Waals surface area (Å²) in [6, 6.07) is 8.47. The molecule has 1 fully saturated rings. The zero-order valence-corrected chi connectivity index (χ0v) is 12.1. The molecule has 1 saturated carbocycles. The largest absolute Gasteiger partial charge is 0.361 e. The number of aromatic amines is 1. The number of fused-ring (bicyclic) bond motifs is 1. The van der Waals surface area contributed by atoms with Crippen molar-refractivity contribution in [3.8, 4) is 0 Å². The highest BCUT2D eigenvalue weighted by atomic mass is 16.1. The standard InChI is InChI=1S/C17H22N2O/c1-11-7-8-15(12(11)2)19-17(20)9-13-10-18-16-6-4-3-5-14(13)16/h3-6,10-12,15,18H,7-9H2,1-2H3,(H,19,20). The quantitative estimate of drug-likeness (QED) is 0.883.